The Morgan fingerprint density at radius 3 is 2.57 bits per heavy atom. The van der Waals surface area contributed by atoms with E-state index >= 15 is 0 Å². The molecule has 1 atom stereocenters. The summed E-state index contributed by atoms with van der Waals surface area (Å²) in [6.07, 6.45) is 0.141. The van der Waals surface area contributed by atoms with Crippen LogP contribution in [0.25, 0.3) is 0 Å². The van der Waals surface area contributed by atoms with E-state index in [0.717, 1.165) is 5.56 Å². The molecule has 0 aliphatic carbocycles. The van der Waals surface area contributed by atoms with Crippen molar-refractivity contribution in [3.63, 3.8) is 0 Å². The maximum atomic E-state index is 11.9. The molecular formula is C16H19NO4. The summed E-state index contributed by atoms with van der Waals surface area (Å²) >= 11 is 0. The van der Waals surface area contributed by atoms with Crippen LogP contribution in [0.5, 0.6) is 0 Å². The third-order valence-electron chi connectivity index (χ3n) is 3.07. The van der Waals surface area contributed by atoms with Crippen LogP contribution in [0.3, 0.4) is 0 Å². The molecule has 21 heavy (non-hydrogen) atoms. The minimum Gasteiger partial charge on any atom is -0.460 e. The Bertz CT molecular complexity index is 592. The minimum absolute atomic E-state index is 0.160. The lowest BCUT2D eigenvalue weighted by Gasteiger charge is -2.11. The summed E-state index contributed by atoms with van der Waals surface area (Å²) in [5.74, 6) is 0.0342. The number of hydrogen-bond donors (Lipinski definition) is 0. The first-order valence-electron chi connectivity index (χ1n) is 6.95. The highest BCUT2D eigenvalue weighted by Gasteiger charge is 2.25. The molecule has 112 valence electrons. The van der Waals surface area contributed by atoms with Crippen molar-refractivity contribution in [3.8, 4) is 0 Å². The molecule has 0 bridgehead atoms. The molecule has 2 rings (SSSR count). The average molecular weight is 289 g/mol. The normalized spacial score (nSPS) is 12.1. The molecule has 0 N–H and O–H groups in total. The molecule has 2 aromatic rings. The third-order valence-corrected chi connectivity index (χ3v) is 3.07. The van der Waals surface area contributed by atoms with Crippen LogP contribution >= 0.6 is 0 Å². The maximum absolute atomic E-state index is 11.9. The zero-order chi connectivity index (χ0) is 15.2. The van der Waals surface area contributed by atoms with Gasteiger partial charge in [-0.25, -0.2) is 9.78 Å². The highest BCUT2D eigenvalue weighted by Crippen LogP contribution is 2.27. The highest BCUT2D eigenvalue weighted by molar-refractivity contribution is 5.87. The number of rotatable bonds is 6. The Morgan fingerprint density at radius 2 is 2.00 bits per heavy atom. The number of ether oxygens (including phenoxy) is 2. The molecule has 5 nitrogen and oxygen atoms in total. The van der Waals surface area contributed by atoms with Crippen molar-refractivity contribution in [2.24, 2.45) is 0 Å². The summed E-state index contributed by atoms with van der Waals surface area (Å²) < 4.78 is 16.1. The van der Waals surface area contributed by atoms with Gasteiger partial charge in [-0.1, -0.05) is 37.3 Å². The molecule has 1 heterocycles. The van der Waals surface area contributed by atoms with E-state index in [4.69, 9.17) is 13.9 Å². The predicted molar refractivity (Wildman–Crippen MR) is 77.1 cm³/mol. The van der Waals surface area contributed by atoms with Gasteiger partial charge in [0.1, 0.15) is 0 Å². The van der Waals surface area contributed by atoms with Crippen LogP contribution in [0.2, 0.25) is 0 Å². The highest BCUT2D eigenvalue weighted by atomic mass is 16.5. The van der Waals surface area contributed by atoms with Crippen LogP contribution in [-0.4, -0.2) is 24.7 Å². The number of methoxy groups -OCH3 is 1. The van der Waals surface area contributed by atoms with Gasteiger partial charge in [0.25, 0.3) is 0 Å². The zero-order valence-electron chi connectivity index (χ0n) is 12.5. The average Bonchev–Trinajstić information content (AvgIpc) is 2.93. The Kier molecular flexibility index (Phi) is 5.11. The third kappa shape index (κ3) is 3.31. The van der Waals surface area contributed by atoms with Crippen LogP contribution in [-0.2, 0) is 15.9 Å². The summed E-state index contributed by atoms with van der Waals surface area (Å²) in [6, 6.07) is 9.60. The van der Waals surface area contributed by atoms with Gasteiger partial charge in [0, 0.05) is 7.11 Å². The van der Waals surface area contributed by atoms with E-state index in [1.165, 1.54) is 0 Å². The fourth-order valence-corrected chi connectivity index (χ4v) is 2.09. The molecule has 0 amide bonds. The fourth-order valence-electron chi connectivity index (χ4n) is 2.09. The number of carbonyl (C=O) groups excluding carboxylic acids is 1. The number of hydrogen-bond acceptors (Lipinski definition) is 5. The van der Waals surface area contributed by atoms with Gasteiger partial charge >= 0.3 is 5.97 Å². The molecule has 1 aromatic heterocycles. The van der Waals surface area contributed by atoms with E-state index in [9.17, 15) is 4.79 Å². The predicted octanol–water partition coefficient (Wildman–Crippen LogP) is 3.15. The smallest absolute Gasteiger partial charge is 0.376 e. The second-order valence-electron chi connectivity index (χ2n) is 4.43. The number of nitrogens with zero attached hydrogens (tertiary/aromatic N) is 1. The quantitative estimate of drug-likeness (QED) is 0.764. The topological polar surface area (TPSA) is 61.6 Å². The molecule has 0 aliphatic rings. The molecule has 0 aliphatic heterocycles. The largest absolute Gasteiger partial charge is 0.460 e. The number of carbonyl (C=O) groups is 1. The van der Waals surface area contributed by atoms with Gasteiger partial charge in [0.15, 0.2) is 6.10 Å². The molecule has 1 aromatic carbocycles. The molecule has 0 fully saturated rings. The summed E-state index contributed by atoms with van der Waals surface area (Å²) in [5, 5.41) is 0. The van der Waals surface area contributed by atoms with Gasteiger partial charge in [-0.2, -0.15) is 0 Å². The number of benzene rings is 1. The molecular weight excluding hydrogens is 270 g/mol. The van der Waals surface area contributed by atoms with E-state index in [2.05, 4.69) is 4.98 Å². The number of aryl methyl sites for hydroxylation is 1. The Morgan fingerprint density at radius 1 is 1.29 bits per heavy atom. The maximum Gasteiger partial charge on any atom is 0.376 e. The van der Waals surface area contributed by atoms with E-state index < -0.39 is 12.1 Å². The van der Waals surface area contributed by atoms with Gasteiger partial charge < -0.3 is 13.9 Å². The molecule has 0 saturated carbocycles. The first-order chi connectivity index (χ1) is 10.2. The van der Waals surface area contributed by atoms with Gasteiger partial charge in [-0.3, -0.25) is 0 Å². The van der Waals surface area contributed by atoms with Crippen molar-refractivity contribution in [1.82, 2.24) is 4.98 Å². The van der Waals surface area contributed by atoms with Gasteiger partial charge in [0.2, 0.25) is 11.7 Å². The van der Waals surface area contributed by atoms with Crippen molar-refractivity contribution < 1.29 is 18.7 Å². The van der Waals surface area contributed by atoms with Crippen LogP contribution in [0.4, 0.5) is 0 Å². The number of oxazole rings is 1. The minimum atomic E-state index is -0.490. The first kappa shape index (κ1) is 15.3. The summed E-state index contributed by atoms with van der Waals surface area (Å²) in [7, 11) is 1.58. The van der Waals surface area contributed by atoms with Crippen LogP contribution in [0, 0.1) is 0 Å². The Balaban J connectivity index is 2.37. The standard InChI is InChI=1S/C16H19NO4/c1-4-12-14(16(18)20-5-2)21-15(17-12)13(19-3)11-9-7-6-8-10-11/h6-10,13H,4-5H2,1-3H3. The van der Waals surface area contributed by atoms with Gasteiger partial charge in [-0.05, 0) is 18.9 Å². The molecule has 0 radical (unpaired) electrons. The second-order valence-corrected chi connectivity index (χ2v) is 4.43. The fraction of sp³-hybridized carbons (Fsp3) is 0.375. The first-order valence-corrected chi connectivity index (χ1v) is 6.95. The van der Waals surface area contributed by atoms with Crippen molar-refractivity contribution >= 4 is 5.97 Å². The van der Waals surface area contributed by atoms with E-state index in [0.29, 0.717) is 24.6 Å². The molecule has 0 saturated heterocycles. The lowest BCUT2D eigenvalue weighted by Crippen LogP contribution is -2.06. The van der Waals surface area contributed by atoms with Gasteiger partial charge in [-0.15, -0.1) is 0 Å². The summed E-state index contributed by atoms with van der Waals surface area (Å²) in [5.41, 5.74) is 1.50. The van der Waals surface area contributed by atoms with Crippen LogP contribution in [0.1, 0.15) is 47.7 Å². The van der Waals surface area contributed by atoms with Crippen molar-refractivity contribution in [2.45, 2.75) is 26.4 Å². The zero-order valence-corrected chi connectivity index (χ0v) is 12.5. The molecule has 5 heteroatoms. The lowest BCUT2D eigenvalue weighted by atomic mass is 10.1. The van der Waals surface area contributed by atoms with Crippen molar-refractivity contribution in [1.29, 1.82) is 0 Å². The van der Waals surface area contributed by atoms with E-state index in [1.54, 1.807) is 14.0 Å². The molecule has 0 spiro atoms. The monoisotopic (exact) mass is 289 g/mol. The number of aromatic nitrogens is 1. The lowest BCUT2D eigenvalue weighted by molar-refractivity contribution is 0.0475. The summed E-state index contributed by atoms with van der Waals surface area (Å²) in [6.45, 7) is 3.96. The Hall–Kier alpha value is -2.14. The van der Waals surface area contributed by atoms with E-state index in [1.807, 2.05) is 37.3 Å². The second kappa shape index (κ2) is 7.04. The Labute approximate surface area is 123 Å². The van der Waals surface area contributed by atoms with Crippen LogP contribution < -0.4 is 0 Å². The number of esters is 1. The van der Waals surface area contributed by atoms with Crippen LogP contribution in [0.15, 0.2) is 34.7 Å². The summed E-state index contributed by atoms with van der Waals surface area (Å²) in [4.78, 5) is 16.3. The van der Waals surface area contributed by atoms with E-state index in [-0.39, 0.29) is 5.76 Å². The van der Waals surface area contributed by atoms with Gasteiger partial charge in [0.05, 0.1) is 12.3 Å². The van der Waals surface area contributed by atoms with Crippen molar-refractivity contribution in [3.05, 3.63) is 53.2 Å². The molecule has 1 unspecified atom stereocenters. The van der Waals surface area contributed by atoms with Crippen molar-refractivity contribution in [2.75, 3.05) is 13.7 Å². The SMILES string of the molecule is CCOC(=O)c1oc(C(OC)c2ccccc2)nc1CC.